The van der Waals surface area contributed by atoms with Gasteiger partial charge in [-0.3, -0.25) is 9.78 Å². The van der Waals surface area contributed by atoms with Crippen LogP contribution in [0.5, 0.6) is 0 Å². The SMILES string of the molecule is CC=CC=CC(=O)OOOC(=O)C(C)=CC=CC. The van der Waals surface area contributed by atoms with Crippen LogP contribution in [-0.4, -0.2) is 11.9 Å². The largest absolute Gasteiger partial charge is 0.373 e. The van der Waals surface area contributed by atoms with Crippen LogP contribution in [0.2, 0.25) is 0 Å². The third-order valence-electron chi connectivity index (χ3n) is 1.62. The Balaban J connectivity index is 3.98. The molecule has 0 aliphatic heterocycles. The van der Waals surface area contributed by atoms with E-state index < -0.39 is 11.9 Å². The molecule has 0 aliphatic carbocycles. The second-order valence-electron chi connectivity index (χ2n) is 3.10. The van der Waals surface area contributed by atoms with Crippen LogP contribution in [0.4, 0.5) is 0 Å². The minimum absolute atomic E-state index is 0.314. The summed E-state index contributed by atoms with van der Waals surface area (Å²) < 4.78 is 0. The molecule has 0 aromatic heterocycles. The normalized spacial score (nSPS) is 12.5. The average molecular weight is 252 g/mol. The van der Waals surface area contributed by atoms with Crippen molar-refractivity contribution in [2.24, 2.45) is 0 Å². The lowest BCUT2D eigenvalue weighted by Gasteiger charge is -1.99. The smallest absolute Gasteiger partial charge is 0.255 e. The molecule has 0 amide bonds. The second-order valence-corrected chi connectivity index (χ2v) is 3.10. The first-order valence-electron chi connectivity index (χ1n) is 5.30. The predicted octanol–water partition coefficient (Wildman–Crippen LogP) is 2.57. The van der Waals surface area contributed by atoms with Gasteiger partial charge in [-0.05, 0) is 20.8 Å². The standard InChI is InChI=1S/C13H16O5/c1-4-6-8-10-12(14)16-18-17-13(15)11(3)9-7-5-2/h4-10H,1-3H3. The Morgan fingerprint density at radius 2 is 1.61 bits per heavy atom. The zero-order valence-corrected chi connectivity index (χ0v) is 10.6. The summed E-state index contributed by atoms with van der Waals surface area (Å²) in [5, 5.41) is 4.05. The van der Waals surface area contributed by atoms with Crippen molar-refractivity contribution in [1.82, 2.24) is 0 Å². The van der Waals surface area contributed by atoms with Crippen molar-refractivity contribution in [3.05, 3.63) is 48.1 Å². The Morgan fingerprint density at radius 1 is 0.944 bits per heavy atom. The molecular formula is C13H16O5. The Hall–Kier alpha value is -2.14. The van der Waals surface area contributed by atoms with Gasteiger partial charge in [0.05, 0.1) is 0 Å². The lowest BCUT2D eigenvalue weighted by molar-refractivity contribution is -0.456. The van der Waals surface area contributed by atoms with Crippen molar-refractivity contribution in [3.8, 4) is 0 Å². The molecule has 0 rings (SSSR count). The molecule has 0 fully saturated rings. The summed E-state index contributed by atoms with van der Waals surface area (Å²) in [5.74, 6) is -1.52. The molecule has 0 bridgehead atoms. The topological polar surface area (TPSA) is 61.8 Å². The van der Waals surface area contributed by atoms with Crippen molar-refractivity contribution in [2.75, 3.05) is 0 Å². The molecule has 0 N–H and O–H groups in total. The fourth-order valence-corrected chi connectivity index (χ4v) is 0.729. The summed E-state index contributed by atoms with van der Waals surface area (Å²) in [7, 11) is 0. The zero-order valence-electron chi connectivity index (χ0n) is 10.6. The maximum atomic E-state index is 11.2. The van der Waals surface area contributed by atoms with E-state index in [1.165, 1.54) is 6.08 Å². The summed E-state index contributed by atoms with van der Waals surface area (Å²) in [4.78, 5) is 30.6. The van der Waals surface area contributed by atoms with Gasteiger partial charge in [-0.15, -0.1) is 0 Å². The van der Waals surface area contributed by atoms with Crippen molar-refractivity contribution in [3.63, 3.8) is 0 Å². The molecule has 0 saturated carbocycles. The monoisotopic (exact) mass is 252 g/mol. The molecule has 98 valence electrons. The van der Waals surface area contributed by atoms with Crippen LogP contribution in [0.25, 0.3) is 0 Å². The molecule has 0 heterocycles. The average Bonchev–Trinajstić information content (AvgIpc) is 2.36. The molecule has 0 aliphatic rings. The maximum Gasteiger partial charge on any atom is 0.373 e. The first-order valence-corrected chi connectivity index (χ1v) is 5.30. The molecule has 0 unspecified atom stereocenters. The van der Waals surface area contributed by atoms with Gasteiger partial charge >= 0.3 is 11.9 Å². The third-order valence-corrected chi connectivity index (χ3v) is 1.62. The molecule has 0 aromatic carbocycles. The number of hydrogen-bond acceptors (Lipinski definition) is 5. The molecule has 0 radical (unpaired) electrons. The van der Waals surface area contributed by atoms with Crippen LogP contribution < -0.4 is 0 Å². The van der Waals surface area contributed by atoms with Crippen LogP contribution in [0.3, 0.4) is 0 Å². The van der Waals surface area contributed by atoms with Crippen molar-refractivity contribution >= 4 is 11.9 Å². The zero-order chi connectivity index (χ0) is 13.8. The van der Waals surface area contributed by atoms with E-state index in [-0.39, 0.29) is 0 Å². The summed E-state index contributed by atoms with van der Waals surface area (Å²) in [5.41, 5.74) is 0.314. The van der Waals surface area contributed by atoms with E-state index in [1.807, 2.05) is 6.92 Å². The van der Waals surface area contributed by atoms with E-state index in [0.717, 1.165) is 6.08 Å². The van der Waals surface area contributed by atoms with Crippen molar-refractivity contribution in [2.45, 2.75) is 20.8 Å². The van der Waals surface area contributed by atoms with Gasteiger partial charge in [0.15, 0.2) is 0 Å². The van der Waals surface area contributed by atoms with E-state index in [4.69, 9.17) is 0 Å². The minimum atomic E-state index is -0.781. The third kappa shape index (κ3) is 8.06. The first-order chi connectivity index (χ1) is 8.61. The highest BCUT2D eigenvalue weighted by Crippen LogP contribution is 1.98. The summed E-state index contributed by atoms with van der Waals surface area (Å²) in [6.45, 7) is 5.15. The van der Waals surface area contributed by atoms with Gasteiger partial charge in [0.25, 0.3) is 0 Å². The van der Waals surface area contributed by atoms with E-state index in [1.54, 1.807) is 44.2 Å². The van der Waals surface area contributed by atoms with Gasteiger partial charge < -0.3 is 0 Å². The Morgan fingerprint density at radius 3 is 2.22 bits per heavy atom. The van der Waals surface area contributed by atoms with Gasteiger partial charge in [-0.2, -0.15) is 0 Å². The van der Waals surface area contributed by atoms with Gasteiger partial charge in [-0.25, -0.2) is 9.59 Å². The van der Waals surface area contributed by atoms with E-state index >= 15 is 0 Å². The van der Waals surface area contributed by atoms with Crippen LogP contribution in [-0.2, 0) is 24.4 Å². The molecular weight excluding hydrogens is 236 g/mol. The van der Waals surface area contributed by atoms with E-state index in [0.29, 0.717) is 5.57 Å². The lowest BCUT2D eigenvalue weighted by Crippen LogP contribution is -2.09. The molecule has 0 aromatic rings. The second kappa shape index (κ2) is 10.0. The molecule has 0 spiro atoms. The highest BCUT2D eigenvalue weighted by molar-refractivity contribution is 5.87. The Bertz CT molecular complexity index is 388. The quantitative estimate of drug-likeness (QED) is 0.314. The lowest BCUT2D eigenvalue weighted by atomic mass is 10.3. The molecule has 0 atom stereocenters. The fourth-order valence-electron chi connectivity index (χ4n) is 0.729. The van der Waals surface area contributed by atoms with Crippen LogP contribution in [0.15, 0.2) is 48.1 Å². The molecule has 5 nitrogen and oxygen atoms in total. The maximum absolute atomic E-state index is 11.2. The summed E-state index contributed by atoms with van der Waals surface area (Å²) in [6, 6.07) is 0. The van der Waals surface area contributed by atoms with Crippen LogP contribution in [0.1, 0.15) is 20.8 Å². The number of rotatable bonds is 6. The van der Waals surface area contributed by atoms with Gasteiger partial charge in [-0.1, -0.05) is 36.5 Å². The minimum Gasteiger partial charge on any atom is -0.255 e. The van der Waals surface area contributed by atoms with Gasteiger partial charge in [0.2, 0.25) is 0 Å². The van der Waals surface area contributed by atoms with Crippen molar-refractivity contribution < 1.29 is 24.4 Å². The molecule has 0 saturated heterocycles. The molecule has 5 heteroatoms. The number of hydrogen-bond donors (Lipinski definition) is 0. The Labute approximate surface area is 106 Å². The summed E-state index contributed by atoms with van der Waals surface area (Å²) >= 11 is 0. The van der Waals surface area contributed by atoms with Crippen molar-refractivity contribution in [1.29, 1.82) is 0 Å². The van der Waals surface area contributed by atoms with Crippen LogP contribution >= 0.6 is 0 Å². The molecule has 18 heavy (non-hydrogen) atoms. The number of carbonyl (C=O) groups excluding carboxylic acids is 2. The highest BCUT2D eigenvalue weighted by Gasteiger charge is 2.08. The van der Waals surface area contributed by atoms with Gasteiger partial charge in [0.1, 0.15) is 0 Å². The fraction of sp³-hybridized carbons (Fsp3) is 0.231. The first kappa shape index (κ1) is 15.9. The predicted molar refractivity (Wildman–Crippen MR) is 65.8 cm³/mol. The Kier molecular flexibility index (Phi) is 8.85. The van der Waals surface area contributed by atoms with Crippen LogP contribution in [0, 0.1) is 0 Å². The number of allylic oxidation sites excluding steroid dienone is 6. The van der Waals surface area contributed by atoms with Gasteiger partial charge in [0, 0.05) is 16.7 Å². The number of carbonyl (C=O) groups is 2. The summed E-state index contributed by atoms with van der Waals surface area (Å²) in [6.07, 6.45) is 10.9. The highest BCUT2D eigenvalue weighted by atomic mass is 17.5. The van der Waals surface area contributed by atoms with E-state index in [9.17, 15) is 9.59 Å². The van der Waals surface area contributed by atoms with E-state index in [2.05, 4.69) is 14.8 Å².